The summed E-state index contributed by atoms with van der Waals surface area (Å²) in [6.07, 6.45) is 0. The molecule has 0 unspecified atom stereocenters. The number of nitrogens with zero attached hydrogens (tertiary/aromatic N) is 2. The lowest BCUT2D eigenvalue weighted by molar-refractivity contribution is 0.559. The van der Waals surface area contributed by atoms with Crippen LogP contribution in [0.5, 0.6) is 0 Å². The average Bonchev–Trinajstić information content (AvgIpc) is 2.57. The lowest BCUT2D eigenvalue weighted by Gasteiger charge is -2.14. The Hall–Kier alpha value is -0.130. The number of benzene rings is 1. The van der Waals surface area contributed by atoms with Gasteiger partial charge in [0.15, 0.2) is 0 Å². The smallest absolute Gasteiger partial charge is 0.133 e. The second-order valence-corrected chi connectivity index (χ2v) is 7.92. The van der Waals surface area contributed by atoms with E-state index in [1.54, 1.807) is 16.2 Å². The molecule has 2 nitrogen and oxygen atoms in total. The molecule has 1 aromatic heterocycles. The van der Waals surface area contributed by atoms with Gasteiger partial charge in [0.25, 0.3) is 0 Å². The van der Waals surface area contributed by atoms with Crippen LogP contribution in [-0.4, -0.2) is 9.17 Å². The highest BCUT2D eigenvalue weighted by atomic mass is 35.5. The minimum Gasteiger partial charge on any atom is -0.182 e. The predicted octanol–water partition coefficient (Wildman–Crippen LogP) is 5.92. The van der Waals surface area contributed by atoms with Crippen LogP contribution in [0.4, 0.5) is 0 Å². The van der Waals surface area contributed by atoms with Gasteiger partial charge in [-0.3, -0.25) is 0 Å². The van der Waals surface area contributed by atoms with E-state index in [-0.39, 0.29) is 5.41 Å². The number of hydrogen-bond acceptors (Lipinski definition) is 3. The van der Waals surface area contributed by atoms with Gasteiger partial charge in [-0.25, -0.2) is 0 Å². The van der Waals surface area contributed by atoms with Crippen molar-refractivity contribution in [2.45, 2.75) is 26.2 Å². The Labute approximate surface area is 136 Å². The van der Waals surface area contributed by atoms with Gasteiger partial charge in [-0.15, -0.1) is 0 Å². The highest BCUT2D eigenvalue weighted by molar-refractivity contribution is 7.73. The summed E-state index contributed by atoms with van der Waals surface area (Å²) >= 11 is 25.0. The van der Waals surface area contributed by atoms with Crippen LogP contribution in [0.1, 0.15) is 26.5 Å². The van der Waals surface area contributed by atoms with Crippen molar-refractivity contribution in [3.63, 3.8) is 0 Å². The number of halogens is 3. The summed E-state index contributed by atoms with van der Waals surface area (Å²) in [7, 11) is 0. The van der Waals surface area contributed by atoms with Gasteiger partial charge < -0.3 is 0 Å². The second-order valence-electron chi connectivity index (χ2n) is 5.07. The average molecular weight is 354 g/mol. The maximum Gasteiger partial charge on any atom is 0.133 e. The van der Waals surface area contributed by atoms with Crippen LogP contribution in [0.25, 0.3) is 5.69 Å². The molecule has 102 valence electrons. The Morgan fingerprint density at radius 3 is 2.11 bits per heavy atom. The molecule has 0 radical (unpaired) electrons. The van der Waals surface area contributed by atoms with Crippen molar-refractivity contribution in [2.75, 3.05) is 0 Å². The van der Waals surface area contributed by atoms with Crippen molar-refractivity contribution in [3.05, 3.63) is 36.7 Å². The lowest BCUT2D eigenvalue weighted by atomic mass is 9.93. The fourth-order valence-electron chi connectivity index (χ4n) is 1.54. The van der Waals surface area contributed by atoms with Crippen molar-refractivity contribution in [3.8, 4) is 5.69 Å². The fraction of sp³-hybridized carbons (Fsp3) is 0.333. The number of rotatable bonds is 1. The van der Waals surface area contributed by atoms with Gasteiger partial charge in [-0.2, -0.15) is 9.17 Å². The first kappa shape index (κ1) is 15.3. The van der Waals surface area contributed by atoms with E-state index in [0.717, 1.165) is 9.52 Å². The molecule has 0 spiro atoms. The molecular weight excluding hydrogens is 343 g/mol. The maximum absolute atomic E-state index is 6.19. The monoisotopic (exact) mass is 352 g/mol. The van der Waals surface area contributed by atoms with Crippen LogP contribution in [0.3, 0.4) is 0 Å². The molecule has 0 saturated carbocycles. The third kappa shape index (κ3) is 3.14. The van der Waals surface area contributed by atoms with E-state index in [9.17, 15) is 0 Å². The van der Waals surface area contributed by atoms with E-state index in [1.165, 1.54) is 11.5 Å². The van der Waals surface area contributed by atoms with Gasteiger partial charge in [-0.05, 0) is 23.7 Å². The highest BCUT2D eigenvalue weighted by Gasteiger charge is 2.22. The zero-order valence-corrected chi connectivity index (χ0v) is 14.4. The predicted molar refractivity (Wildman–Crippen MR) is 86.0 cm³/mol. The Bertz CT molecular complexity index is 660. The van der Waals surface area contributed by atoms with Crippen molar-refractivity contribution >= 4 is 58.6 Å². The van der Waals surface area contributed by atoms with Gasteiger partial charge in [-0.1, -0.05) is 67.8 Å². The SMILES string of the molecule is CC(C)(C)c1nn(-c2c(Cl)cc(Cl)cc2Cl)sc1=S. The molecule has 0 amide bonds. The van der Waals surface area contributed by atoms with E-state index >= 15 is 0 Å². The van der Waals surface area contributed by atoms with Crippen molar-refractivity contribution < 1.29 is 0 Å². The molecule has 0 aliphatic carbocycles. The van der Waals surface area contributed by atoms with Crippen LogP contribution in [0.15, 0.2) is 12.1 Å². The summed E-state index contributed by atoms with van der Waals surface area (Å²) in [6.45, 7) is 6.19. The Kier molecular flexibility index (Phi) is 4.29. The molecule has 0 aliphatic rings. The van der Waals surface area contributed by atoms with Gasteiger partial charge in [0.05, 0.1) is 15.7 Å². The van der Waals surface area contributed by atoms with E-state index in [1.807, 2.05) is 0 Å². The molecule has 0 N–H and O–H groups in total. The summed E-state index contributed by atoms with van der Waals surface area (Å²) < 4.78 is 2.39. The maximum atomic E-state index is 6.19. The van der Waals surface area contributed by atoms with Gasteiger partial charge >= 0.3 is 0 Å². The third-order valence-corrected chi connectivity index (χ3v) is 4.44. The van der Waals surface area contributed by atoms with E-state index in [0.29, 0.717) is 20.8 Å². The fourth-order valence-corrected chi connectivity index (χ4v) is 4.18. The zero-order valence-electron chi connectivity index (χ0n) is 10.5. The molecule has 7 heteroatoms. The van der Waals surface area contributed by atoms with Crippen LogP contribution >= 0.6 is 58.6 Å². The van der Waals surface area contributed by atoms with Crippen LogP contribution in [-0.2, 0) is 5.41 Å². The topological polar surface area (TPSA) is 17.8 Å². The summed E-state index contributed by atoms with van der Waals surface area (Å²) in [5.41, 5.74) is 1.35. The third-order valence-electron chi connectivity index (χ3n) is 2.44. The zero-order chi connectivity index (χ0) is 14.4. The van der Waals surface area contributed by atoms with Gasteiger partial charge in [0, 0.05) is 10.4 Å². The Balaban J connectivity index is 2.65. The van der Waals surface area contributed by atoms with E-state index in [4.69, 9.17) is 47.0 Å². The van der Waals surface area contributed by atoms with Crippen LogP contribution < -0.4 is 0 Å². The quantitative estimate of drug-likeness (QED) is 0.592. The number of hydrogen-bond donors (Lipinski definition) is 0. The van der Waals surface area contributed by atoms with Crippen molar-refractivity contribution in [1.29, 1.82) is 0 Å². The normalized spacial score (nSPS) is 11.9. The first-order chi connectivity index (χ1) is 8.70. The molecule has 2 aromatic rings. The molecule has 1 heterocycles. The van der Waals surface area contributed by atoms with Gasteiger partial charge in [0.1, 0.15) is 9.51 Å². The highest BCUT2D eigenvalue weighted by Crippen LogP contribution is 2.34. The van der Waals surface area contributed by atoms with Crippen LogP contribution in [0.2, 0.25) is 15.1 Å². The minimum absolute atomic E-state index is 0.121. The summed E-state index contributed by atoms with van der Waals surface area (Å²) in [6, 6.07) is 3.27. The standard InChI is InChI=1S/C12H11Cl3N2S2/c1-12(2,3)10-11(18)19-17(16-10)9-7(14)4-6(13)5-8(9)15/h4-5H,1-3H3. The Morgan fingerprint density at radius 2 is 1.68 bits per heavy atom. The summed E-state index contributed by atoms with van der Waals surface area (Å²) in [4.78, 5) is 0. The molecule has 0 fully saturated rings. The molecule has 2 rings (SSSR count). The molecule has 0 saturated heterocycles. The molecule has 19 heavy (non-hydrogen) atoms. The molecule has 0 atom stereocenters. The number of aromatic nitrogens is 2. The molecule has 0 bridgehead atoms. The molecule has 0 aliphatic heterocycles. The van der Waals surface area contributed by atoms with Gasteiger partial charge in [0.2, 0.25) is 0 Å². The first-order valence-corrected chi connectivity index (χ1v) is 7.78. The molecular formula is C12H11Cl3N2S2. The Morgan fingerprint density at radius 1 is 1.16 bits per heavy atom. The lowest BCUT2D eigenvalue weighted by Crippen LogP contribution is -2.13. The second kappa shape index (κ2) is 5.34. The van der Waals surface area contributed by atoms with E-state index in [2.05, 4.69) is 25.9 Å². The summed E-state index contributed by atoms with van der Waals surface area (Å²) in [5.74, 6) is 0. The minimum atomic E-state index is -0.121. The van der Waals surface area contributed by atoms with Crippen molar-refractivity contribution in [2.24, 2.45) is 0 Å². The van der Waals surface area contributed by atoms with Crippen molar-refractivity contribution in [1.82, 2.24) is 9.17 Å². The van der Waals surface area contributed by atoms with E-state index < -0.39 is 0 Å². The largest absolute Gasteiger partial charge is 0.182 e. The van der Waals surface area contributed by atoms with Crippen LogP contribution in [0, 0.1) is 3.82 Å². The first-order valence-electron chi connectivity index (χ1n) is 5.46. The summed E-state index contributed by atoms with van der Waals surface area (Å²) in [5, 5.41) is 5.91. The molecule has 1 aromatic carbocycles.